The Kier molecular flexibility index (Phi) is 6.07. The van der Waals surface area contributed by atoms with Crippen LogP contribution in [-0.4, -0.2) is 20.3 Å². The summed E-state index contributed by atoms with van der Waals surface area (Å²) >= 11 is 0. The molecule has 0 radical (unpaired) electrons. The van der Waals surface area contributed by atoms with Gasteiger partial charge < -0.3 is 20.1 Å². The summed E-state index contributed by atoms with van der Waals surface area (Å²) in [6.45, 7) is 4.03. The van der Waals surface area contributed by atoms with Crippen LogP contribution >= 0.6 is 0 Å². The lowest BCUT2D eigenvalue weighted by Crippen LogP contribution is -2.32. The van der Waals surface area contributed by atoms with Crippen molar-refractivity contribution >= 4 is 11.7 Å². The average Bonchev–Trinajstić information content (AvgIpc) is 2.59. The van der Waals surface area contributed by atoms with Crippen LogP contribution < -0.4 is 20.1 Å². The molecule has 2 aromatic carbocycles. The number of rotatable bonds is 6. The highest BCUT2D eigenvalue weighted by Gasteiger charge is 2.14. The van der Waals surface area contributed by atoms with Crippen LogP contribution in [0.4, 0.5) is 10.5 Å². The average molecular weight is 328 g/mol. The fourth-order valence-electron chi connectivity index (χ4n) is 2.57. The van der Waals surface area contributed by atoms with Crippen LogP contribution in [0.1, 0.15) is 30.5 Å². The van der Waals surface area contributed by atoms with Crippen molar-refractivity contribution < 1.29 is 14.3 Å². The number of hydrogen-bond acceptors (Lipinski definition) is 3. The third kappa shape index (κ3) is 4.41. The zero-order chi connectivity index (χ0) is 17.5. The smallest absolute Gasteiger partial charge is 0.319 e. The predicted molar refractivity (Wildman–Crippen MR) is 95.9 cm³/mol. The van der Waals surface area contributed by atoms with Crippen LogP contribution in [0.3, 0.4) is 0 Å². The fourth-order valence-corrected chi connectivity index (χ4v) is 2.57. The van der Waals surface area contributed by atoms with E-state index in [1.54, 1.807) is 20.3 Å². The predicted octanol–water partition coefficient (Wildman–Crippen LogP) is 4.29. The van der Waals surface area contributed by atoms with Gasteiger partial charge in [0.25, 0.3) is 0 Å². The van der Waals surface area contributed by atoms with Crippen LogP contribution in [0.2, 0.25) is 0 Å². The molecule has 2 N–H and O–H groups in total. The van der Waals surface area contributed by atoms with E-state index in [-0.39, 0.29) is 12.1 Å². The number of benzene rings is 2. The first-order valence-corrected chi connectivity index (χ1v) is 7.93. The molecule has 24 heavy (non-hydrogen) atoms. The quantitative estimate of drug-likeness (QED) is 0.832. The summed E-state index contributed by atoms with van der Waals surface area (Å²) in [6.07, 6.45) is 0.789. The first-order chi connectivity index (χ1) is 11.6. The normalized spacial score (nSPS) is 11.5. The molecule has 5 nitrogen and oxygen atoms in total. The van der Waals surface area contributed by atoms with E-state index in [1.807, 2.05) is 50.2 Å². The maximum Gasteiger partial charge on any atom is 0.319 e. The zero-order valence-electron chi connectivity index (χ0n) is 14.6. The summed E-state index contributed by atoms with van der Waals surface area (Å²) in [7, 11) is 3.25. The molecule has 0 unspecified atom stereocenters. The molecule has 0 bridgehead atoms. The number of carbonyl (C=O) groups excluding carboxylic acids is 1. The number of ether oxygens (including phenoxy) is 2. The topological polar surface area (TPSA) is 59.6 Å². The molecule has 0 aliphatic rings. The Bertz CT molecular complexity index is 701. The first kappa shape index (κ1) is 17.7. The fraction of sp³-hybridized carbons (Fsp3) is 0.316. The molecule has 0 aliphatic carbocycles. The van der Waals surface area contributed by atoms with Gasteiger partial charge in [0.1, 0.15) is 11.5 Å². The highest BCUT2D eigenvalue weighted by atomic mass is 16.5. The van der Waals surface area contributed by atoms with Crippen LogP contribution in [-0.2, 0) is 0 Å². The van der Waals surface area contributed by atoms with E-state index in [4.69, 9.17) is 9.47 Å². The second-order valence-corrected chi connectivity index (χ2v) is 5.52. The Morgan fingerprint density at radius 1 is 1.12 bits per heavy atom. The molecule has 0 spiro atoms. The Hall–Kier alpha value is -2.69. The SMILES string of the molecule is CC[C@@H](NC(=O)Nc1cccc(OC)c1)c1ccc(OC)c(C)c1. The number of amides is 2. The van der Waals surface area contributed by atoms with E-state index >= 15 is 0 Å². The summed E-state index contributed by atoms with van der Waals surface area (Å²) < 4.78 is 10.4. The second kappa shape index (κ2) is 8.24. The molecule has 1 atom stereocenters. The van der Waals surface area contributed by atoms with Crippen molar-refractivity contribution in [1.82, 2.24) is 5.32 Å². The van der Waals surface area contributed by atoms with Crippen LogP contribution in [0.25, 0.3) is 0 Å². The molecular formula is C19H24N2O3. The van der Waals surface area contributed by atoms with Crippen molar-refractivity contribution in [2.24, 2.45) is 0 Å². The maximum absolute atomic E-state index is 12.3. The van der Waals surface area contributed by atoms with Gasteiger partial charge in [-0.15, -0.1) is 0 Å². The standard InChI is InChI=1S/C19H24N2O3/c1-5-17(14-9-10-18(24-4)13(2)11-14)21-19(22)20-15-7-6-8-16(12-15)23-3/h6-12,17H,5H2,1-4H3,(H2,20,21,22)/t17-/m1/s1. The molecule has 2 amide bonds. The van der Waals surface area contributed by atoms with Crippen molar-refractivity contribution in [3.63, 3.8) is 0 Å². The zero-order valence-corrected chi connectivity index (χ0v) is 14.6. The summed E-state index contributed by atoms with van der Waals surface area (Å²) in [4.78, 5) is 12.3. The number of anilines is 1. The van der Waals surface area contributed by atoms with E-state index in [0.29, 0.717) is 11.4 Å². The largest absolute Gasteiger partial charge is 0.497 e. The van der Waals surface area contributed by atoms with Gasteiger partial charge in [-0.2, -0.15) is 0 Å². The molecule has 0 fully saturated rings. The molecule has 2 aromatic rings. The molecule has 0 aliphatic heterocycles. The van der Waals surface area contributed by atoms with Gasteiger partial charge in [-0.25, -0.2) is 4.79 Å². The molecule has 0 heterocycles. The van der Waals surface area contributed by atoms with Gasteiger partial charge in [-0.3, -0.25) is 0 Å². The third-order valence-electron chi connectivity index (χ3n) is 3.86. The van der Waals surface area contributed by atoms with Gasteiger partial charge in [0, 0.05) is 11.8 Å². The Morgan fingerprint density at radius 3 is 2.54 bits per heavy atom. The number of methoxy groups -OCH3 is 2. The van der Waals surface area contributed by atoms with Gasteiger partial charge in [-0.05, 0) is 42.7 Å². The molecule has 128 valence electrons. The van der Waals surface area contributed by atoms with E-state index in [1.165, 1.54) is 0 Å². The van der Waals surface area contributed by atoms with Crippen molar-refractivity contribution in [1.29, 1.82) is 0 Å². The van der Waals surface area contributed by atoms with E-state index in [9.17, 15) is 4.79 Å². The van der Waals surface area contributed by atoms with Gasteiger partial charge in [0.15, 0.2) is 0 Å². The summed E-state index contributed by atoms with van der Waals surface area (Å²) in [5.74, 6) is 1.54. The number of urea groups is 1. The minimum Gasteiger partial charge on any atom is -0.497 e. The first-order valence-electron chi connectivity index (χ1n) is 7.93. The molecular weight excluding hydrogens is 304 g/mol. The van der Waals surface area contributed by atoms with Crippen molar-refractivity contribution in [2.45, 2.75) is 26.3 Å². The molecule has 0 saturated carbocycles. The lowest BCUT2D eigenvalue weighted by molar-refractivity contribution is 0.248. The van der Waals surface area contributed by atoms with Crippen LogP contribution in [0.15, 0.2) is 42.5 Å². The van der Waals surface area contributed by atoms with Crippen molar-refractivity contribution in [2.75, 3.05) is 19.5 Å². The molecule has 0 saturated heterocycles. The molecule has 5 heteroatoms. The van der Waals surface area contributed by atoms with Gasteiger partial charge >= 0.3 is 6.03 Å². The van der Waals surface area contributed by atoms with E-state index < -0.39 is 0 Å². The van der Waals surface area contributed by atoms with E-state index in [2.05, 4.69) is 10.6 Å². The number of hydrogen-bond donors (Lipinski definition) is 2. The number of aryl methyl sites for hydroxylation is 1. The number of nitrogens with one attached hydrogen (secondary N) is 2. The Labute approximate surface area is 143 Å². The van der Waals surface area contributed by atoms with Crippen molar-refractivity contribution in [3.8, 4) is 11.5 Å². The lowest BCUT2D eigenvalue weighted by Gasteiger charge is -2.19. The van der Waals surface area contributed by atoms with Crippen LogP contribution in [0.5, 0.6) is 11.5 Å². The lowest BCUT2D eigenvalue weighted by atomic mass is 10.0. The van der Waals surface area contributed by atoms with Gasteiger partial charge in [0.2, 0.25) is 0 Å². The second-order valence-electron chi connectivity index (χ2n) is 5.52. The minimum atomic E-state index is -0.247. The highest BCUT2D eigenvalue weighted by Crippen LogP contribution is 2.24. The third-order valence-corrected chi connectivity index (χ3v) is 3.86. The van der Waals surface area contributed by atoms with Crippen molar-refractivity contribution in [3.05, 3.63) is 53.6 Å². The maximum atomic E-state index is 12.3. The minimum absolute atomic E-state index is 0.0692. The Balaban J connectivity index is 2.06. The Morgan fingerprint density at radius 2 is 1.92 bits per heavy atom. The highest BCUT2D eigenvalue weighted by molar-refractivity contribution is 5.89. The van der Waals surface area contributed by atoms with Crippen LogP contribution in [0, 0.1) is 6.92 Å². The van der Waals surface area contributed by atoms with Gasteiger partial charge in [-0.1, -0.05) is 25.1 Å². The van der Waals surface area contributed by atoms with Gasteiger partial charge in [0.05, 0.1) is 20.3 Å². The summed E-state index contributed by atoms with van der Waals surface area (Å²) in [6, 6.07) is 12.9. The van der Waals surface area contributed by atoms with E-state index in [0.717, 1.165) is 23.3 Å². The number of carbonyl (C=O) groups is 1. The molecule has 0 aromatic heterocycles. The monoisotopic (exact) mass is 328 g/mol. The summed E-state index contributed by atoms with van der Waals surface area (Å²) in [5.41, 5.74) is 2.78. The molecule has 2 rings (SSSR count). The summed E-state index contributed by atoms with van der Waals surface area (Å²) in [5, 5.41) is 5.84.